The molecule has 0 heterocycles. The van der Waals surface area contributed by atoms with Gasteiger partial charge < -0.3 is 5.32 Å². The van der Waals surface area contributed by atoms with Gasteiger partial charge >= 0.3 is 6.18 Å². The fourth-order valence-corrected chi connectivity index (χ4v) is 3.66. The molecular weight excluding hydrogens is 305 g/mol. The van der Waals surface area contributed by atoms with Crippen molar-refractivity contribution in [3.05, 3.63) is 35.4 Å². The van der Waals surface area contributed by atoms with Crippen molar-refractivity contribution >= 4 is 5.91 Å². The highest BCUT2D eigenvalue weighted by Gasteiger charge is 2.49. The van der Waals surface area contributed by atoms with Crippen LogP contribution < -0.4 is 5.32 Å². The molecule has 0 aromatic heterocycles. The molecule has 1 aromatic carbocycles. The average Bonchev–Trinajstić information content (AvgIpc) is 2.56. The van der Waals surface area contributed by atoms with Crippen LogP contribution in [0.15, 0.2) is 24.3 Å². The molecule has 3 fully saturated rings. The third-order valence-corrected chi connectivity index (χ3v) is 5.34. The quantitative estimate of drug-likeness (QED) is 0.893. The Morgan fingerprint density at radius 2 is 1.57 bits per heavy atom. The molecule has 0 saturated heterocycles. The first-order valence-electron chi connectivity index (χ1n) is 7.69. The van der Waals surface area contributed by atoms with Crippen molar-refractivity contribution in [2.75, 3.05) is 0 Å². The number of hydrogen-bond donors (Lipinski definition) is 1. The van der Waals surface area contributed by atoms with Crippen molar-refractivity contribution < 1.29 is 18.0 Å². The summed E-state index contributed by atoms with van der Waals surface area (Å²) >= 11 is 0. The highest BCUT2D eigenvalue weighted by atomic mass is 19.4. The zero-order chi connectivity index (χ0) is 16.7. The monoisotopic (exact) mass is 322 g/mol. The summed E-state index contributed by atoms with van der Waals surface area (Å²) in [5.41, 5.74) is -1.07. The van der Waals surface area contributed by atoms with Crippen molar-refractivity contribution in [2.24, 2.45) is 5.41 Å². The first-order valence-corrected chi connectivity index (χ1v) is 7.69. The van der Waals surface area contributed by atoms with Gasteiger partial charge in [-0.15, -0.1) is 0 Å². The van der Waals surface area contributed by atoms with Gasteiger partial charge in [-0.1, -0.05) is 0 Å². The third kappa shape index (κ3) is 2.92. The third-order valence-electron chi connectivity index (χ3n) is 5.34. The van der Waals surface area contributed by atoms with Gasteiger partial charge in [-0.3, -0.25) is 4.79 Å². The molecule has 0 aliphatic heterocycles. The van der Waals surface area contributed by atoms with Crippen LogP contribution in [0.5, 0.6) is 0 Å². The van der Waals surface area contributed by atoms with Gasteiger partial charge in [-0.25, -0.2) is 0 Å². The minimum Gasteiger partial charge on any atom is -0.347 e. The van der Waals surface area contributed by atoms with E-state index in [1.807, 2.05) is 0 Å². The second-order valence-electron chi connectivity index (χ2n) is 6.70. The van der Waals surface area contributed by atoms with E-state index < -0.39 is 11.7 Å². The molecule has 3 saturated carbocycles. The highest BCUT2D eigenvalue weighted by molar-refractivity contribution is 5.94. The molecule has 0 radical (unpaired) electrons. The topological polar surface area (TPSA) is 52.9 Å². The fraction of sp³-hybridized carbons (Fsp3) is 0.529. The minimum absolute atomic E-state index is 0.232. The van der Waals surface area contributed by atoms with E-state index in [9.17, 15) is 23.2 Å². The average molecular weight is 322 g/mol. The zero-order valence-electron chi connectivity index (χ0n) is 12.5. The number of nitriles is 1. The maximum absolute atomic E-state index is 12.6. The number of halogens is 3. The predicted molar refractivity (Wildman–Crippen MR) is 77.4 cm³/mol. The second-order valence-corrected chi connectivity index (χ2v) is 6.70. The maximum atomic E-state index is 12.6. The maximum Gasteiger partial charge on any atom is 0.416 e. The van der Waals surface area contributed by atoms with Crippen LogP contribution in [0.4, 0.5) is 13.2 Å². The van der Waals surface area contributed by atoms with Crippen molar-refractivity contribution in [1.82, 2.24) is 5.32 Å². The Hall–Kier alpha value is -2.03. The number of rotatable bonds is 2. The Bertz CT molecular complexity index is 633. The molecule has 0 atom stereocenters. The van der Waals surface area contributed by atoms with Gasteiger partial charge in [0.05, 0.1) is 17.0 Å². The summed E-state index contributed by atoms with van der Waals surface area (Å²) in [4.78, 5) is 12.3. The molecule has 4 rings (SSSR count). The lowest BCUT2D eigenvalue weighted by Gasteiger charge is -2.50. The lowest BCUT2D eigenvalue weighted by molar-refractivity contribution is -0.137. The Morgan fingerprint density at radius 1 is 1.04 bits per heavy atom. The Kier molecular flexibility index (Phi) is 3.62. The summed E-state index contributed by atoms with van der Waals surface area (Å²) in [5.74, 6) is -0.343. The number of hydrogen-bond acceptors (Lipinski definition) is 2. The summed E-state index contributed by atoms with van der Waals surface area (Å²) in [6.07, 6.45) is 0.193. The molecule has 0 unspecified atom stereocenters. The largest absolute Gasteiger partial charge is 0.416 e. The Morgan fingerprint density at radius 3 is 2.00 bits per heavy atom. The van der Waals surface area contributed by atoms with Crippen LogP contribution in [0.1, 0.15) is 54.4 Å². The van der Waals surface area contributed by atoms with E-state index in [1.54, 1.807) is 0 Å². The number of amides is 1. The molecule has 1 aromatic rings. The number of nitrogens with one attached hydrogen (secondary N) is 1. The van der Waals surface area contributed by atoms with Crippen LogP contribution in [0, 0.1) is 16.7 Å². The van der Waals surface area contributed by atoms with Gasteiger partial charge in [-0.2, -0.15) is 18.4 Å². The zero-order valence-corrected chi connectivity index (χ0v) is 12.5. The van der Waals surface area contributed by atoms with E-state index in [2.05, 4.69) is 11.4 Å². The lowest BCUT2D eigenvalue weighted by atomic mass is 9.58. The highest BCUT2D eigenvalue weighted by Crippen LogP contribution is 2.51. The van der Waals surface area contributed by atoms with Crippen molar-refractivity contribution in [2.45, 2.75) is 50.2 Å². The molecule has 1 N–H and O–H groups in total. The normalized spacial score (nSPS) is 29.8. The van der Waals surface area contributed by atoms with Gasteiger partial charge in [0.1, 0.15) is 0 Å². The molecule has 3 aliphatic rings. The number of alkyl halides is 3. The van der Waals surface area contributed by atoms with Crippen LogP contribution in [0.25, 0.3) is 0 Å². The van der Waals surface area contributed by atoms with Gasteiger partial charge in [-0.05, 0) is 62.8 Å². The number of benzene rings is 1. The minimum atomic E-state index is -4.40. The van der Waals surface area contributed by atoms with Crippen molar-refractivity contribution in [1.29, 1.82) is 5.26 Å². The van der Waals surface area contributed by atoms with Crippen molar-refractivity contribution in [3.8, 4) is 6.07 Å². The molecule has 122 valence electrons. The van der Waals surface area contributed by atoms with E-state index in [4.69, 9.17) is 0 Å². The molecule has 3 aliphatic carbocycles. The summed E-state index contributed by atoms with van der Waals surface area (Å²) in [6, 6.07) is 6.68. The smallest absolute Gasteiger partial charge is 0.347 e. The van der Waals surface area contributed by atoms with E-state index >= 15 is 0 Å². The van der Waals surface area contributed by atoms with E-state index in [-0.39, 0.29) is 22.4 Å². The molecule has 1 amide bonds. The van der Waals surface area contributed by atoms with Crippen LogP contribution in [0.3, 0.4) is 0 Å². The summed E-state index contributed by atoms with van der Waals surface area (Å²) < 4.78 is 37.7. The van der Waals surface area contributed by atoms with Gasteiger partial charge in [0.2, 0.25) is 0 Å². The first kappa shape index (κ1) is 15.9. The lowest BCUT2D eigenvalue weighted by Crippen LogP contribution is -2.56. The van der Waals surface area contributed by atoms with Gasteiger partial charge in [0.15, 0.2) is 0 Å². The Labute approximate surface area is 132 Å². The van der Waals surface area contributed by atoms with Gasteiger partial charge in [0.25, 0.3) is 5.91 Å². The molecule has 0 spiro atoms. The van der Waals surface area contributed by atoms with E-state index in [1.165, 1.54) is 12.1 Å². The van der Waals surface area contributed by atoms with Crippen molar-refractivity contribution in [3.63, 3.8) is 0 Å². The fourth-order valence-electron chi connectivity index (χ4n) is 3.66. The summed E-state index contributed by atoms with van der Waals surface area (Å²) in [7, 11) is 0. The molecular formula is C17H17F3N2O. The van der Waals surface area contributed by atoms with E-state index in [0.29, 0.717) is 0 Å². The molecule has 3 nitrogen and oxygen atoms in total. The predicted octanol–water partition coefficient (Wildman–Crippen LogP) is 4.05. The van der Waals surface area contributed by atoms with Crippen LogP contribution in [0.2, 0.25) is 0 Å². The standard InChI is InChI=1S/C17H17F3N2O/c18-17(19,20)13-3-1-12(2-4-13)14(23)22-16-8-5-15(11-21,6-9-16)7-10-16/h1-4H,5-10H2,(H,22,23). The van der Waals surface area contributed by atoms with Gasteiger partial charge in [0, 0.05) is 11.1 Å². The van der Waals surface area contributed by atoms with Crippen LogP contribution in [-0.4, -0.2) is 11.4 Å². The second kappa shape index (κ2) is 5.26. The number of fused-ring (bicyclic) bond motifs is 3. The van der Waals surface area contributed by atoms with Crippen LogP contribution >= 0.6 is 0 Å². The summed E-state index contributed by atoms with van der Waals surface area (Å²) in [5, 5.41) is 12.3. The number of carbonyl (C=O) groups excluding carboxylic acids is 1. The Balaban J connectivity index is 1.70. The molecule has 2 bridgehead atoms. The van der Waals surface area contributed by atoms with E-state index in [0.717, 1.165) is 50.7 Å². The molecule has 23 heavy (non-hydrogen) atoms. The first-order chi connectivity index (χ1) is 10.8. The number of nitrogens with zero attached hydrogens (tertiary/aromatic N) is 1. The number of carbonyl (C=O) groups is 1. The van der Waals surface area contributed by atoms with Crippen LogP contribution in [-0.2, 0) is 6.18 Å². The summed E-state index contributed by atoms with van der Waals surface area (Å²) in [6.45, 7) is 0. The SMILES string of the molecule is N#CC12CCC(NC(=O)c3ccc(C(F)(F)F)cc3)(CC1)CC2. The molecule has 6 heteroatoms.